The lowest BCUT2D eigenvalue weighted by molar-refractivity contribution is -0.129. The molecule has 3 rings (SSSR count). The van der Waals surface area contributed by atoms with Crippen molar-refractivity contribution >= 4 is 11.6 Å². The second-order valence-corrected chi connectivity index (χ2v) is 7.48. The Bertz CT molecular complexity index is 971. The lowest BCUT2D eigenvalue weighted by Crippen LogP contribution is -2.29. The van der Waals surface area contributed by atoms with Gasteiger partial charge in [-0.2, -0.15) is 0 Å². The number of pyridine rings is 1. The molecule has 27 heavy (non-hydrogen) atoms. The average Bonchev–Trinajstić information content (AvgIpc) is 2.99. The molecule has 0 aliphatic carbocycles. The van der Waals surface area contributed by atoms with Gasteiger partial charge in [-0.15, -0.1) is 0 Å². The number of rotatable bonds is 6. The van der Waals surface area contributed by atoms with E-state index in [0.717, 1.165) is 47.5 Å². The van der Waals surface area contributed by atoms with Crippen molar-refractivity contribution in [3.05, 3.63) is 58.9 Å². The molecule has 0 atom stereocenters. The van der Waals surface area contributed by atoms with E-state index in [2.05, 4.69) is 62.4 Å². The molecule has 0 fully saturated rings. The van der Waals surface area contributed by atoms with E-state index in [1.54, 1.807) is 0 Å². The largest absolute Gasteiger partial charge is 0.345 e. The number of amides is 1. The molecule has 4 nitrogen and oxygen atoms in total. The van der Waals surface area contributed by atoms with E-state index in [1.807, 2.05) is 18.1 Å². The Morgan fingerprint density at radius 1 is 1.11 bits per heavy atom. The van der Waals surface area contributed by atoms with Crippen LogP contribution in [0.25, 0.3) is 16.9 Å². The molecule has 0 saturated heterocycles. The molecule has 0 radical (unpaired) electrons. The van der Waals surface area contributed by atoms with E-state index in [0.29, 0.717) is 6.42 Å². The Labute approximate surface area is 161 Å². The van der Waals surface area contributed by atoms with Gasteiger partial charge in [0.1, 0.15) is 5.65 Å². The van der Waals surface area contributed by atoms with Crippen LogP contribution in [0.2, 0.25) is 0 Å². The van der Waals surface area contributed by atoms with Crippen LogP contribution in [0.3, 0.4) is 0 Å². The van der Waals surface area contributed by atoms with Crippen LogP contribution in [0.4, 0.5) is 0 Å². The maximum absolute atomic E-state index is 12.8. The SMILES string of the molecule is CCCCN(C)C(=O)Cc1c(-c2ccc(C)c(C)c2)nc2cc(C)ccn12. The normalized spacial score (nSPS) is 11.1. The minimum Gasteiger partial charge on any atom is -0.345 e. The van der Waals surface area contributed by atoms with Crippen LogP contribution >= 0.6 is 0 Å². The molecule has 0 aliphatic rings. The maximum atomic E-state index is 12.8. The number of hydrogen-bond donors (Lipinski definition) is 0. The minimum atomic E-state index is 0.135. The molecule has 2 aromatic heterocycles. The highest BCUT2D eigenvalue weighted by Crippen LogP contribution is 2.27. The zero-order chi connectivity index (χ0) is 19.6. The summed E-state index contributed by atoms with van der Waals surface area (Å²) >= 11 is 0. The Morgan fingerprint density at radius 3 is 2.59 bits per heavy atom. The van der Waals surface area contributed by atoms with Gasteiger partial charge in [-0.25, -0.2) is 4.98 Å². The van der Waals surface area contributed by atoms with Crippen molar-refractivity contribution in [1.29, 1.82) is 0 Å². The first kappa shape index (κ1) is 19.2. The third-order valence-corrected chi connectivity index (χ3v) is 5.25. The first-order valence-corrected chi connectivity index (χ1v) is 9.70. The zero-order valence-corrected chi connectivity index (χ0v) is 17.0. The van der Waals surface area contributed by atoms with Crippen LogP contribution in [0.5, 0.6) is 0 Å². The molecule has 0 bridgehead atoms. The number of likely N-dealkylation sites (N-methyl/N-ethyl adjacent to an activating group) is 1. The van der Waals surface area contributed by atoms with Gasteiger partial charge in [0, 0.05) is 25.4 Å². The third-order valence-electron chi connectivity index (χ3n) is 5.25. The number of fused-ring (bicyclic) bond motifs is 1. The standard InChI is InChI=1S/C23H29N3O/c1-6-7-11-25(5)22(27)15-20-23(19-9-8-17(3)18(4)14-19)24-21-13-16(2)10-12-26(20)21/h8-10,12-14H,6-7,11,15H2,1-5H3. The predicted molar refractivity (Wildman–Crippen MR) is 111 cm³/mol. The van der Waals surface area contributed by atoms with Crippen molar-refractivity contribution in [2.24, 2.45) is 0 Å². The molecular weight excluding hydrogens is 334 g/mol. The Kier molecular flexibility index (Phi) is 5.64. The maximum Gasteiger partial charge on any atom is 0.228 e. The van der Waals surface area contributed by atoms with Gasteiger partial charge in [0.2, 0.25) is 5.91 Å². The second-order valence-electron chi connectivity index (χ2n) is 7.48. The van der Waals surface area contributed by atoms with Crippen molar-refractivity contribution in [1.82, 2.24) is 14.3 Å². The first-order valence-electron chi connectivity index (χ1n) is 9.70. The Morgan fingerprint density at radius 2 is 1.89 bits per heavy atom. The van der Waals surface area contributed by atoms with Crippen molar-refractivity contribution in [2.45, 2.75) is 47.0 Å². The predicted octanol–water partition coefficient (Wildman–Crippen LogP) is 4.73. The zero-order valence-electron chi connectivity index (χ0n) is 17.0. The molecule has 4 heteroatoms. The van der Waals surface area contributed by atoms with Crippen LogP contribution in [0.1, 0.15) is 42.1 Å². The number of imidazole rings is 1. The van der Waals surface area contributed by atoms with E-state index in [-0.39, 0.29) is 5.91 Å². The molecule has 0 aliphatic heterocycles. The first-order chi connectivity index (χ1) is 12.9. The summed E-state index contributed by atoms with van der Waals surface area (Å²) < 4.78 is 2.06. The molecule has 2 heterocycles. The quantitative estimate of drug-likeness (QED) is 0.635. The number of carbonyl (C=O) groups excluding carboxylic acids is 1. The molecule has 142 valence electrons. The van der Waals surface area contributed by atoms with Gasteiger partial charge < -0.3 is 9.30 Å². The van der Waals surface area contributed by atoms with E-state index in [9.17, 15) is 4.79 Å². The van der Waals surface area contributed by atoms with Gasteiger partial charge in [-0.05, 0) is 62.1 Å². The number of aromatic nitrogens is 2. The van der Waals surface area contributed by atoms with Gasteiger partial charge in [0.15, 0.2) is 0 Å². The summed E-state index contributed by atoms with van der Waals surface area (Å²) in [4.78, 5) is 19.5. The highest BCUT2D eigenvalue weighted by atomic mass is 16.2. The minimum absolute atomic E-state index is 0.135. The van der Waals surface area contributed by atoms with Crippen LogP contribution in [0.15, 0.2) is 36.5 Å². The van der Waals surface area contributed by atoms with Gasteiger partial charge in [0.05, 0.1) is 17.8 Å². The number of hydrogen-bond acceptors (Lipinski definition) is 2. The van der Waals surface area contributed by atoms with E-state index < -0.39 is 0 Å². The van der Waals surface area contributed by atoms with Crippen molar-refractivity contribution in [3.63, 3.8) is 0 Å². The summed E-state index contributed by atoms with van der Waals surface area (Å²) in [5.74, 6) is 0.135. The van der Waals surface area contributed by atoms with Gasteiger partial charge >= 0.3 is 0 Å². The van der Waals surface area contributed by atoms with Gasteiger partial charge in [-0.3, -0.25) is 4.79 Å². The van der Waals surface area contributed by atoms with E-state index >= 15 is 0 Å². The van der Waals surface area contributed by atoms with Crippen LogP contribution in [0, 0.1) is 20.8 Å². The Hall–Kier alpha value is -2.62. The smallest absolute Gasteiger partial charge is 0.228 e. The highest BCUT2D eigenvalue weighted by molar-refractivity contribution is 5.81. The summed E-state index contributed by atoms with van der Waals surface area (Å²) in [6.45, 7) is 9.22. The van der Waals surface area contributed by atoms with Crippen molar-refractivity contribution in [3.8, 4) is 11.3 Å². The molecule has 1 aromatic carbocycles. The molecular formula is C23H29N3O. The van der Waals surface area contributed by atoms with Crippen LogP contribution in [-0.4, -0.2) is 33.8 Å². The van der Waals surface area contributed by atoms with E-state index in [4.69, 9.17) is 4.98 Å². The monoisotopic (exact) mass is 363 g/mol. The van der Waals surface area contributed by atoms with Gasteiger partial charge in [-0.1, -0.05) is 25.5 Å². The van der Waals surface area contributed by atoms with Crippen LogP contribution in [-0.2, 0) is 11.2 Å². The fourth-order valence-electron chi connectivity index (χ4n) is 3.28. The Balaban J connectivity index is 2.06. The molecule has 0 unspecified atom stereocenters. The molecule has 0 spiro atoms. The number of aryl methyl sites for hydroxylation is 3. The highest BCUT2D eigenvalue weighted by Gasteiger charge is 2.19. The second kappa shape index (κ2) is 7.95. The van der Waals surface area contributed by atoms with Gasteiger partial charge in [0.25, 0.3) is 0 Å². The number of unbranched alkanes of at least 4 members (excludes halogenated alkanes) is 1. The van der Waals surface area contributed by atoms with Crippen molar-refractivity contribution in [2.75, 3.05) is 13.6 Å². The molecule has 1 amide bonds. The number of nitrogens with zero attached hydrogens (tertiary/aromatic N) is 3. The summed E-state index contributed by atoms with van der Waals surface area (Å²) in [5.41, 5.74) is 7.48. The topological polar surface area (TPSA) is 37.6 Å². The third kappa shape index (κ3) is 4.05. The fourth-order valence-corrected chi connectivity index (χ4v) is 3.28. The lowest BCUT2D eigenvalue weighted by Gasteiger charge is -2.17. The number of carbonyl (C=O) groups is 1. The van der Waals surface area contributed by atoms with Crippen molar-refractivity contribution < 1.29 is 4.79 Å². The summed E-state index contributed by atoms with van der Waals surface area (Å²) in [7, 11) is 1.89. The molecule has 0 saturated carbocycles. The van der Waals surface area contributed by atoms with E-state index in [1.165, 1.54) is 11.1 Å². The van der Waals surface area contributed by atoms with Crippen LogP contribution < -0.4 is 0 Å². The molecule has 3 aromatic rings. The fraction of sp³-hybridized carbons (Fsp3) is 0.391. The average molecular weight is 364 g/mol. The number of benzene rings is 1. The summed E-state index contributed by atoms with van der Waals surface area (Å²) in [5, 5.41) is 0. The summed E-state index contributed by atoms with van der Waals surface area (Å²) in [6.07, 6.45) is 4.49. The lowest BCUT2D eigenvalue weighted by atomic mass is 10.0. The summed E-state index contributed by atoms with van der Waals surface area (Å²) in [6, 6.07) is 10.5. The molecule has 0 N–H and O–H groups in total.